The van der Waals surface area contributed by atoms with Gasteiger partial charge in [0, 0.05) is 25.1 Å². The van der Waals surface area contributed by atoms with Crippen molar-refractivity contribution in [3.63, 3.8) is 0 Å². The van der Waals surface area contributed by atoms with Crippen LogP contribution in [0.1, 0.15) is 6.42 Å². The Kier molecular flexibility index (Phi) is 1.24. The van der Waals surface area contributed by atoms with Crippen molar-refractivity contribution in [1.82, 2.24) is 4.68 Å². The topological polar surface area (TPSA) is 8.17 Å². The summed E-state index contributed by atoms with van der Waals surface area (Å²) in [6.45, 7) is 1.11. The van der Waals surface area contributed by atoms with E-state index in [2.05, 4.69) is 34.4 Å². The molecule has 0 atom stereocenters. The second-order valence-corrected chi connectivity index (χ2v) is 2.40. The van der Waals surface area contributed by atoms with E-state index in [4.69, 9.17) is 0 Å². The van der Waals surface area contributed by atoms with Crippen LogP contribution in [-0.4, -0.2) is 11.2 Å². The van der Waals surface area contributed by atoms with Crippen molar-refractivity contribution in [2.24, 2.45) is 0 Å². The van der Waals surface area contributed by atoms with E-state index in [0.717, 1.165) is 13.0 Å². The number of hydrogen-bond donors (Lipinski definition) is 0. The normalized spacial score (nSPS) is 16.6. The summed E-state index contributed by atoms with van der Waals surface area (Å²) in [6, 6.07) is 4.07. The summed E-state index contributed by atoms with van der Waals surface area (Å²) >= 11 is 0. The van der Waals surface area contributed by atoms with Crippen LogP contribution < -0.4 is 5.01 Å². The largest absolute Gasteiger partial charge is 0.289 e. The summed E-state index contributed by atoms with van der Waals surface area (Å²) in [5.41, 5.74) is 0. The Morgan fingerprint density at radius 2 is 1.90 bits per heavy atom. The Morgan fingerprint density at radius 1 is 1.10 bits per heavy atom. The maximum absolute atomic E-state index is 2.18. The van der Waals surface area contributed by atoms with Gasteiger partial charge < -0.3 is 0 Å². The lowest BCUT2D eigenvalue weighted by Gasteiger charge is -2.16. The maximum Gasteiger partial charge on any atom is 0.0428 e. The van der Waals surface area contributed by atoms with E-state index in [1.54, 1.807) is 0 Å². The molecule has 0 saturated heterocycles. The summed E-state index contributed by atoms with van der Waals surface area (Å²) in [6.07, 6.45) is 9.56. The average molecular weight is 134 g/mol. The monoisotopic (exact) mass is 134 g/mol. The first kappa shape index (κ1) is 5.59. The molecule has 0 aromatic carbocycles. The van der Waals surface area contributed by atoms with Crippen LogP contribution >= 0.6 is 0 Å². The van der Waals surface area contributed by atoms with E-state index >= 15 is 0 Å². The highest BCUT2D eigenvalue weighted by atomic mass is 15.5. The molecule has 0 unspecified atom stereocenters. The van der Waals surface area contributed by atoms with Crippen molar-refractivity contribution in [1.29, 1.82) is 0 Å². The second kappa shape index (κ2) is 2.21. The smallest absolute Gasteiger partial charge is 0.0428 e. The zero-order chi connectivity index (χ0) is 6.81. The van der Waals surface area contributed by atoms with Gasteiger partial charge in [-0.3, -0.25) is 9.69 Å². The molecule has 1 aliphatic rings. The van der Waals surface area contributed by atoms with Crippen molar-refractivity contribution in [2.75, 3.05) is 11.6 Å². The lowest BCUT2D eigenvalue weighted by Crippen LogP contribution is -2.24. The molecular weight excluding hydrogens is 124 g/mol. The van der Waals surface area contributed by atoms with Gasteiger partial charge >= 0.3 is 0 Å². The predicted octanol–water partition coefficient (Wildman–Crippen LogP) is 1.34. The third-order valence-electron chi connectivity index (χ3n) is 1.69. The fourth-order valence-corrected chi connectivity index (χ4v) is 1.17. The van der Waals surface area contributed by atoms with E-state index in [1.165, 1.54) is 0 Å². The van der Waals surface area contributed by atoms with Crippen molar-refractivity contribution in [2.45, 2.75) is 6.42 Å². The first-order valence-electron chi connectivity index (χ1n) is 3.53. The molecular formula is C8H10N2. The van der Waals surface area contributed by atoms with Gasteiger partial charge in [-0.2, -0.15) is 0 Å². The highest BCUT2D eigenvalue weighted by Crippen LogP contribution is 2.03. The summed E-state index contributed by atoms with van der Waals surface area (Å²) in [7, 11) is 0. The Bertz CT molecular complexity index is 223. The molecule has 2 heterocycles. The molecule has 0 radical (unpaired) electrons. The van der Waals surface area contributed by atoms with Crippen molar-refractivity contribution in [3.8, 4) is 0 Å². The zero-order valence-electron chi connectivity index (χ0n) is 5.77. The molecule has 1 aliphatic heterocycles. The first-order valence-corrected chi connectivity index (χ1v) is 3.53. The van der Waals surface area contributed by atoms with Crippen LogP contribution in [0.15, 0.2) is 36.8 Å². The standard InChI is InChI=1S/C8H10N2/c1-2-6-9(5-1)10-7-3-4-8-10/h1-3,5-7H,4,8H2. The third-order valence-corrected chi connectivity index (χ3v) is 1.69. The molecule has 2 nitrogen and oxygen atoms in total. The van der Waals surface area contributed by atoms with Crippen molar-refractivity contribution in [3.05, 3.63) is 36.8 Å². The summed E-state index contributed by atoms with van der Waals surface area (Å²) < 4.78 is 2.09. The van der Waals surface area contributed by atoms with Crippen LogP contribution in [0.5, 0.6) is 0 Å². The minimum Gasteiger partial charge on any atom is -0.289 e. The Hall–Kier alpha value is -1.18. The minimum absolute atomic E-state index is 1.11. The average Bonchev–Trinajstić information content (AvgIpc) is 2.59. The third kappa shape index (κ3) is 0.817. The fourth-order valence-electron chi connectivity index (χ4n) is 1.17. The Labute approximate surface area is 60.3 Å². The van der Waals surface area contributed by atoms with Gasteiger partial charge in [0.1, 0.15) is 0 Å². The lowest BCUT2D eigenvalue weighted by molar-refractivity contribution is 0.716. The highest BCUT2D eigenvalue weighted by Gasteiger charge is 2.02. The van der Waals surface area contributed by atoms with Crippen molar-refractivity contribution < 1.29 is 0 Å². The molecule has 2 heteroatoms. The van der Waals surface area contributed by atoms with Gasteiger partial charge in [-0.15, -0.1) is 0 Å². The van der Waals surface area contributed by atoms with Crippen LogP contribution in [-0.2, 0) is 0 Å². The molecule has 0 N–H and O–H groups in total. The fraction of sp³-hybridized carbons (Fsp3) is 0.250. The molecule has 1 aromatic heterocycles. The van der Waals surface area contributed by atoms with Gasteiger partial charge in [0.25, 0.3) is 0 Å². The molecule has 0 amide bonds. The van der Waals surface area contributed by atoms with E-state index in [0.29, 0.717) is 0 Å². The van der Waals surface area contributed by atoms with Gasteiger partial charge in [-0.05, 0) is 18.6 Å². The first-order chi connectivity index (χ1) is 4.97. The Morgan fingerprint density at radius 3 is 2.50 bits per heavy atom. The van der Waals surface area contributed by atoms with Gasteiger partial charge in [0.2, 0.25) is 0 Å². The lowest BCUT2D eigenvalue weighted by atomic mass is 10.5. The van der Waals surface area contributed by atoms with Crippen LogP contribution in [0.2, 0.25) is 0 Å². The molecule has 52 valence electrons. The molecule has 10 heavy (non-hydrogen) atoms. The summed E-state index contributed by atoms with van der Waals surface area (Å²) in [4.78, 5) is 0. The van der Waals surface area contributed by atoms with Gasteiger partial charge in [0.05, 0.1) is 0 Å². The van der Waals surface area contributed by atoms with Crippen LogP contribution in [0, 0.1) is 0 Å². The zero-order valence-corrected chi connectivity index (χ0v) is 5.77. The predicted molar refractivity (Wildman–Crippen MR) is 41.3 cm³/mol. The van der Waals surface area contributed by atoms with Gasteiger partial charge in [-0.1, -0.05) is 6.08 Å². The minimum atomic E-state index is 1.11. The van der Waals surface area contributed by atoms with Crippen molar-refractivity contribution >= 4 is 0 Å². The van der Waals surface area contributed by atoms with Crippen LogP contribution in [0.4, 0.5) is 0 Å². The SMILES string of the molecule is C1=CN(n2cccc2)CC1. The van der Waals surface area contributed by atoms with Crippen LogP contribution in [0.25, 0.3) is 0 Å². The number of hydrogen-bond acceptors (Lipinski definition) is 1. The van der Waals surface area contributed by atoms with Gasteiger partial charge in [0.15, 0.2) is 0 Å². The number of rotatable bonds is 1. The van der Waals surface area contributed by atoms with E-state index in [9.17, 15) is 0 Å². The molecule has 0 saturated carbocycles. The number of aromatic nitrogens is 1. The molecule has 0 aliphatic carbocycles. The quantitative estimate of drug-likeness (QED) is 0.562. The maximum atomic E-state index is 2.18. The summed E-state index contributed by atoms with van der Waals surface area (Å²) in [5.74, 6) is 0. The highest BCUT2D eigenvalue weighted by molar-refractivity contribution is 5.10. The van der Waals surface area contributed by atoms with E-state index < -0.39 is 0 Å². The molecule has 0 spiro atoms. The van der Waals surface area contributed by atoms with Gasteiger partial charge in [-0.25, -0.2) is 0 Å². The number of nitrogens with zero attached hydrogens (tertiary/aromatic N) is 2. The molecule has 2 rings (SSSR count). The summed E-state index contributed by atoms with van der Waals surface area (Å²) in [5, 5.41) is 2.18. The van der Waals surface area contributed by atoms with E-state index in [1.807, 2.05) is 12.1 Å². The molecule has 0 bridgehead atoms. The molecule has 1 aromatic rings. The second-order valence-electron chi connectivity index (χ2n) is 2.40. The van der Waals surface area contributed by atoms with Crippen LogP contribution in [0.3, 0.4) is 0 Å². The Balaban J connectivity index is 2.20. The molecule has 0 fully saturated rings. The van der Waals surface area contributed by atoms with E-state index in [-0.39, 0.29) is 0 Å².